The summed E-state index contributed by atoms with van der Waals surface area (Å²) in [5, 5.41) is 19.2. The van der Waals surface area contributed by atoms with Crippen LogP contribution < -0.4 is 0 Å². The molecule has 21 heavy (non-hydrogen) atoms. The van der Waals surface area contributed by atoms with Crippen molar-refractivity contribution < 1.29 is 19.7 Å². The average molecular weight is 302 g/mol. The topological polar surface area (TPSA) is 66.8 Å². The van der Waals surface area contributed by atoms with Gasteiger partial charge in [-0.05, 0) is 19.3 Å². The Balaban J connectivity index is 3.24. The standard InChI is InChI=1S/C17H34O4/c1-3-11-15(18)12-9-7-5-4-6-8-10-13-16(19)14-17(20)21-2/h15-16,18-19H,3-14H2,1-2H3. The summed E-state index contributed by atoms with van der Waals surface area (Å²) in [6.07, 6.45) is 11.1. The van der Waals surface area contributed by atoms with Crippen molar-refractivity contribution in [3.63, 3.8) is 0 Å². The van der Waals surface area contributed by atoms with Crippen LogP contribution in [0, 0.1) is 0 Å². The molecule has 0 rings (SSSR count). The molecule has 2 atom stereocenters. The van der Waals surface area contributed by atoms with Crippen molar-refractivity contribution in [1.29, 1.82) is 0 Å². The molecular weight excluding hydrogens is 268 g/mol. The fourth-order valence-corrected chi connectivity index (χ4v) is 2.50. The molecule has 0 aliphatic heterocycles. The molecule has 0 aliphatic carbocycles. The van der Waals surface area contributed by atoms with Crippen molar-refractivity contribution in [2.24, 2.45) is 0 Å². The van der Waals surface area contributed by atoms with Crippen molar-refractivity contribution in [2.75, 3.05) is 7.11 Å². The summed E-state index contributed by atoms with van der Waals surface area (Å²) in [7, 11) is 1.34. The fraction of sp³-hybridized carbons (Fsp3) is 0.941. The van der Waals surface area contributed by atoms with Gasteiger partial charge in [-0.3, -0.25) is 4.79 Å². The minimum Gasteiger partial charge on any atom is -0.469 e. The van der Waals surface area contributed by atoms with Crippen LogP contribution in [0.1, 0.15) is 84.0 Å². The number of ether oxygens (including phenoxy) is 1. The Morgan fingerprint density at radius 2 is 1.33 bits per heavy atom. The summed E-state index contributed by atoms with van der Waals surface area (Å²) in [5.74, 6) is -0.340. The van der Waals surface area contributed by atoms with Gasteiger partial charge in [-0.1, -0.05) is 58.3 Å². The predicted octanol–water partition coefficient (Wildman–Crippen LogP) is 3.58. The van der Waals surface area contributed by atoms with Gasteiger partial charge >= 0.3 is 5.97 Å². The van der Waals surface area contributed by atoms with E-state index in [-0.39, 0.29) is 18.5 Å². The van der Waals surface area contributed by atoms with Crippen LogP contribution in [0.4, 0.5) is 0 Å². The first-order valence-electron chi connectivity index (χ1n) is 8.53. The smallest absolute Gasteiger partial charge is 0.308 e. The first kappa shape index (κ1) is 20.4. The van der Waals surface area contributed by atoms with Crippen LogP contribution in [-0.4, -0.2) is 35.5 Å². The highest BCUT2D eigenvalue weighted by molar-refractivity contribution is 5.69. The second-order valence-corrected chi connectivity index (χ2v) is 5.93. The minimum absolute atomic E-state index is 0.105. The largest absolute Gasteiger partial charge is 0.469 e. The quantitative estimate of drug-likeness (QED) is 0.380. The van der Waals surface area contributed by atoms with Gasteiger partial charge in [0.25, 0.3) is 0 Å². The van der Waals surface area contributed by atoms with Crippen LogP contribution in [0.15, 0.2) is 0 Å². The molecule has 0 aliphatic rings. The summed E-state index contributed by atoms with van der Waals surface area (Å²) in [4.78, 5) is 10.9. The predicted molar refractivity (Wildman–Crippen MR) is 85.1 cm³/mol. The first-order chi connectivity index (χ1) is 10.1. The third-order valence-corrected chi connectivity index (χ3v) is 3.83. The van der Waals surface area contributed by atoms with E-state index in [1.807, 2.05) is 0 Å². The molecule has 0 bridgehead atoms. The van der Waals surface area contributed by atoms with E-state index < -0.39 is 6.10 Å². The van der Waals surface area contributed by atoms with Gasteiger partial charge in [-0.25, -0.2) is 0 Å². The van der Waals surface area contributed by atoms with Gasteiger partial charge < -0.3 is 14.9 Å². The SMILES string of the molecule is CCCC(O)CCCCCCCCCC(O)CC(=O)OC. The third kappa shape index (κ3) is 14.1. The van der Waals surface area contributed by atoms with Crippen LogP contribution in [0.25, 0.3) is 0 Å². The number of hydrogen-bond donors (Lipinski definition) is 2. The molecule has 0 aromatic carbocycles. The molecule has 0 spiro atoms. The van der Waals surface area contributed by atoms with E-state index in [1.165, 1.54) is 32.8 Å². The Morgan fingerprint density at radius 3 is 1.81 bits per heavy atom. The molecule has 2 unspecified atom stereocenters. The van der Waals surface area contributed by atoms with E-state index in [4.69, 9.17) is 0 Å². The maximum Gasteiger partial charge on any atom is 0.308 e. The van der Waals surface area contributed by atoms with Crippen molar-refractivity contribution >= 4 is 5.97 Å². The molecule has 0 saturated heterocycles. The van der Waals surface area contributed by atoms with Gasteiger partial charge in [-0.15, -0.1) is 0 Å². The zero-order valence-corrected chi connectivity index (χ0v) is 13.9. The van der Waals surface area contributed by atoms with Crippen molar-refractivity contribution in [3.8, 4) is 0 Å². The zero-order valence-electron chi connectivity index (χ0n) is 13.9. The molecule has 0 radical (unpaired) electrons. The Hall–Kier alpha value is -0.610. The molecule has 0 aromatic rings. The number of aliphatic hydroxyl groups excluding tert-OH is 2. The molecule has 0 fully saturated rings. The summed E-state index contributed by atoms with van der Waals surface area (Å²) in [6, 6.07) is 0. The Bertz CT molecular complexity index is 243. The molecular formula is C17H34O4. The number of hydrogen-bond acceptors (Lipinski definition) is 4. The molecule has 4 heteroatoms. The number of aliphatic hydroxyl groups is 2. The molecule has 0 amide bonds. The summed E-state index contributed by atoms with van der Waals surface area (Å²) in [5.41, 5.74) is 0. The van der Waals surface area contributed by atoms with Crippen LogP contribution in [-0.2, 0) is 9.53 Å². The van der Waals surface area contributed by atoms with Gasteiger partial charge in [0, 0.05) is 0 Å². The van der Waals surface area contributed by atoms with Crippen LogP contribution >= 0.6 is 0 Å². The van der Waals surface area contributed by atoms with Crippen molar-refractivity contribution in [2.45, 2.75) is 96.2 Å². The maximum atomic E-state index is 10.9. The van der Waals surface area contributed by atoms with E-state index in [2.05, 4.69) is 11.7 Å². The fourth-order valence-electron chi connectivity index (χ4n) is 2.50. The molecule has 4 nitrogen and oxygen atoms in total. The highest BCUT2D eigenvalue weighted by Gasteiger charge is 2.10. The summed E-state index contributed by atoms with van der Waals surface area (Å²) >= 11 is 0. The van der Waals surface area contributed by atoms with E-state index in [9.17, 15) is 15.0 Å². The number of esters is 1. The summed E-state index contributed by atoms with van der Waals surface area (Å²) in [6.45, 7) is 2.10. The lowest BCUT2D eigenvalue weighted by atomic mass is 10.0. The molecule has 0 saturated carbocycles. The van der Waals surface area contributed by atoms with Crippen molar-refractivity contribution in [1.82, 2.24) is 0 Å². The van der Waals surface area contributed by atoms with Gasteiger partial charge in [0.05, 0.1) is 25.7 Å². The third-order valence-electron chi connectivity index (χ3n) is 3.83. The number of methoxy groups -OCH3 is 1. The average Bonchev–Trinajstić information content (AvgIpc) is 2.45. The Kier molecular flexibility index (Phi) is 13.9. The van der Waals surface area contributed by atoms with Crippen LogP contribution in [0.3, 0.4) is 0 Å². The van der Waals surface area contributed by atoms with Gasteiger partial charge in [0.2, 0.25) is 0 Å². The maximum absolute atomic E-state index is 10.9. The second-order valence-electron chi connectivity index (χ2n) is 5.93. The van der Waals surface area contributed by atoms with Gasteiger partial charge in [0.1, 0.15) is 0 Å². The van der Waals surface area contributed by atoms with E-state index in [0.717, 1.165) is 38.5 Å². The first-order valence-corrected chi connectivity index (χ1v) is 8.53. The molecule has 126 valence electrons. The lowest BCUT2D eigenvalue weighted by Gasteiger charge is -2.09. The molecule has 2 N–H and O–H groups in total. The van der Waals surface area contributed by atoms with E-state index >= 15 is 0 Å². The molecule has 0 aromatic heterocycles. The van der Waals surface area contributed by atoms with Crippen molar-refractivity contribution in [3.05, 3.63) is 0 Å². The monoisotopic (exact) mass is 302 g/mol. The Morgan fingerprint density at radius 1 is 0.857 bits per heavy atom. The number of rotatable bonds is 14. The van der Waals surface area contributed by atoms with Gasteiger partial charge in [-0.2, -0.15) is 0 Å². The molecule has 0 heterocycles. The minimum atomic E-state index is -0.558. The van der Waals surface area contributed by atoms with Crippen LogP contribution in [0.5, 0.6) is 0 Å². The number of carbonyl (C=O) groups excluding carboxylic acids is 1. The Labute approximate surface area is 129 Å². The lowest BCUT2D eigenvalue weighted by Crippen LogP contribution is -2.14. The van der Waals surface area contributed by atoms with E-state index in [1.54, 1.807) is 0 Å². The second kappa shape index (κ2) is 14.3. The zero-order chi connectivity index (χ0) is 15.9. The number of carbonyl (C=O) groups is 1. The van der Waals surface area contributed by atoms with Crippen LogP contribution in [0.2, 0.25) is 0 Å². The number of unbranched alkanes of at least 4 members (excludes halogenated alkanes) is 6. The highest BCUT2D eigenvalue weighted by atomic mass is 16.5. The lowest BCUT2D eigenvalue weighted by molar-refractivity contribution is -0.142. The van der Waals surface area contributed by atoms with E-state index in [0.29, 0.717) is 6.42 Å². The highest BCUT2D eigenvalue weighted by Crippen LogP contribution is 2.13. The normalized spacial score (nSPS) is 13.9. The van der Waals surface area contributed by atoms with Gasteiger partial charge in [0.15, 0.2) is 0 Å². The summed E-state index contributed by atoms with van der Waals surface area (Å²) < 4.78 is 4.52.